The highest BCUT2D eigenvalue weighted by atomic mass is 32.2. The van der Waals surface area contributed by atoms with Crippen molar-refractivity contribution >= 4 is 38.2 Å². The molecule has 1 aliphatic rings. The van der Waals surface area contributed by atoms with Crippen molar-refractivity contribution in [1.29, 1.82) is 0 Å². The number of benzene rings is 1. The molecule has 1 saturated heterocycles. The average Bonchev–Trinajstić information content (AvgIpc) is 3.39. The van der Waals surface area contributed by atoms with Crippen molar-refractivity contribution in [2.45, 2.75) is 23.5 Å². The molecule has 28 heavy (non-hydrogen) atoms. The third-order valence-electron chi connectivity index (χ3n) is 5.28. The van der Waals surface area contributed by atoms with Gasteiger partial charge in [0.05, 0.1) is 0 Å². The van der Waals surface area contributed by atoms with E-state index in [9.17, 15) is 13.2 Å². The van der Waals surface area contributed by atoms with E-state index >= 15 is 0 Å². The van der Waals surface area contributed by atoms with E-state index in [1.807, 2.05) is 24.4 Å². The van der Waals surface area contributed by atoms with Crippen LogP contribution in [0.5, 0.6) is 0 Å². The van der Waals surface area contributed by atoms with E-state index in [0.717, 1.165) is 11.9 Å². The maximum atomic E-state index is 12.6. The fourth-order valence-corrected chi connectivity index (χ4v) is 6.31. The van der Waals surface area contributed by atoms with Gasteiger partial charge in [0.15, 0.2) is 0 Å². The zero-order chi connectivity index (χ0) is 19.6. The van der Waals surface area contributed by atoms with Crippen LogP contribution in [0.4, 0.5) is 0 Å². The Kier molecular flexibility index (Phi) is 5.52. The van der Waals surface area contributed by atoms with Gasteiger partial charge in [-0.2, -0.15) is 4.31 Å². The molecule has 1 aliphatic heterocycles. The molecule has 148 valence electrons. The summed E-state index contributed by atoms with van der Waals surface area (Å²) in [6.45, 7) is 1.36. The molecule has 3 heterocycles. The van der Waals surface area contributed by atoms with Crippen molar-refractivity contribution < 1.29 is 13.2 Å². The number of para-hydroxylation sites is 1. The van der Waals surface area contributed by atoms with Crippen LogP contribution in [0.25, 0.3) is 10.9 Å². The number of carbonyl (C=O) groups is 1. The third-order valence-corrected chi connectivity index (χ3v) is 8.55. The Morgan fingerprint density at radius 3 is 2.71 bits per heavy atom. The zero-order valence-electron chi connectivity index (χ0n) is 15.4. The maximum absolute atomic E-state index is 12.6. The molecular formula is C20H23N3O3S2. The number of thiophene rings is 1. The van der Waals surface area contributed by atoms with Crippen molar-refractivity contribution in [3.8, 4) is 0 Å². The smallest absolute Gasteiger partial charge is 0.252 e. The third kappa shape index (κ3) is 3.85. The van der Waals surface area contributed by atoms with E-state index in [-0.39, 0.29) is 11.8 Å². The van der Waals surface area contributed by atoms with Crippen LogP contribution in [0.3, 0.4) is 0 Å². The molecule has 2 aromatic heterocycles. The van der Waals surface area contributed by atoms with Crippen LogP contribution in [0.2, 0.25) is 0 Å². The highest BCUT2D eigenvalue weighted by Gasteiger charge is 2.32. The summed E-state index contributed by atoms with van der Waals surface area (Å²) in [7, 11) is -3.42. The first-order valence-electron chi connectivity index (χ1n) is 9.42. The van der Waals surface area contributed by atoms with Crippen molar-refractivity contribution in [3.05, 3.63) is 53.5 Å². The number of amides is 1. The molecule has 0 aliphatic carbocycles. The monoisotopic (exact) mass is 417 g/mol. The lowest BCUT2D eigenvalue weighted by atomic mass is 9.97. The summed E-state index contributed by atoms with van der Waals surface area (Å²) in [5.41, 5.74) is 2.29. The lowest BCUT2D eigenvalue weighted by Crippen LogP contribution is -2.43. The molecule has 0 unspecified atom stereocenters. The molecule has 1 fully saturated rings. The van der Waals surface area contributed by atoms with E-state index in [2.05, 4.69) is 16.4 Å². The topological polar surface area (TPSA) is 82.3 Å². The van der Waals surface area contributed by atoms with E-state index in [1.54, 1.807) is 17.5 Å². The van der Waals surface area contributed by atoms with Gasteiger partial charge in [-0.25, -0.2) is 8.42 Å². The number of sulfonamides is 1. The van der Waals surface area contributed by atoms with Crippen molar-refractivity contribution in [2.75, 3.05) is 19.6 Å². The van der Waals surface area contributed by atoms with Gasteiger partial charge in [0.2, 0.25) is 5.91 Å². The number of aromatic nitrogens is 1. The fraction of sp³-hybridized carbons (Fsp3) is 0.350. The molecule has 2 N–H and O–H groups in total. The predicted molar refractivity (Wildman–Crippen MR) is 111 cm³/mol. The summed E-state index contributed by atoms with van der Waals surface area (Å²) < 4.78 is 27.0. The summed E-state index contributed by atoms with van der Waals surface area (Å²) in [6.07, 6.45) is 3.87. The second-order valence-corrected chi connectivity index (χ2v) is 10.1. The Labute approximate surface area is 168 Å². The van der Waals surface area contributed by atoms with Crippen LogP contribution < -0.4 is 5.32 Å². The Hall–Kier alpha value is -2.16. The molecule has 0 radical (unpaired) electrons. The van der Waals surface area contributed by atoms with Crippen LogP contribution in [-0.4, -0.2) is 43.2 Å². The summed E-state index contributed by atoms with van der Waals surface area (Å²) in [6, 6.07) is 11.5. The van der Waals surface area contributed by atoms with Crippen molar-refractivity contribution in [1.82, 2.24) is 14.6 Å². The summed E-state index contributed by atoms with van der Waals surface area (Å²) in [5, 5.41) is 5.97. The number of nitrogens with one attached hydrogen (secondary N) is 2. The predicted octanol–water partition coefficient (Wildman–Crippen LogP) is 2.99. The zero-order valence-corrected chi connectivity index (χ0v) is 17.1. The van der Waals surface area contributed by atoms with Gasteiger partial charge >= 0.3 is 0 Å². The van der Waals surface area contributed by atoms with Crippen LogP contribution in [0.1, 0.15) is 18.4 Å². The first kappa shape index (κ1) is 19.2. The van der Waals surface area contributed by atoms with E-state index in [1.165, 1.54) is 26.6 Å². The van der Waals surface area contributed by atoms with Gasteiger partial charge in [-0.3, -0.25) is 4.79 Å². The number of rotatable bonds is 6. The molecule has 3 aromatic rings. The quantitative estimate of drug-likeness (QED) is 0.647. The van der Waals surface area contributed by atoms with Gasteiger partial charge in [0, 0.05) is 42.7 Å². The molecule has 6 nitrogen and oxygen atoms in total. The highest BCUT2D eigenvalue weighted by Crippen LogP contribution is 2.26. The Balaban J connectivity index is 1.27. The van der Waals surface area contributed by atoms with Gasteiger partial charge in [-0.1, -0.05) is 24.3 Å². The van der Waals surface area contributed by atoms with E-state index in [0.29, 0.717) is 36.7 Å². The molecule has 0 bridgehead atoms. The Morgan fingerprint density at radius 1 is 1.18 bits per heavy atom. The van der Waals surface area contributed by atoms with Gasteiger partial charge in [-0.05, 0) is 42.3 Å². The number of hydrogen-bond donors (Lipinski definition) is 2. The first-order valence-corrected chi connectivity index (χ1v) is 11.7. The Morgan fingerprint density at radius 2 is 1.96 bits per heavy atom. The van der Waals surface area contributed by atoms with Gasteiger partial charge in [0.1, 0.15) is 4.21 Å². The summed E-state index contributed by atoms with van der Waals surface area (Å²) >= 11 is 1.23. The molecule has 1 amide bonds. The number of aromatic amines is 1. The molecule has 1 aromatic carbocycles. The average molecular weight is 418 g/mol. The minimum Gasteiger partial charge on any atom is -0.361 e. The van der Waals surface area contributed by atoms with Crippen LogP contribution in [0.15, 0.2) is 52.2 Å². The second kappa shape index (κ2) is 8.06. The van der Waals surface area contributed by atoms with Gasteiger partial charge < -0.3 is 10.3 Å². The number of nitrogens with zero attached hydrogens (tertiary/aromatic N) is 1. The molecule has 0 spiro atoms. The minimum atomic E-state index is -3.42. The SMILES string of the molecule is O=C(NCCc1c[nH]c2ccccc12)C1CCN(S(=O)(=O)c2cccs2)CC1. The molecule has 8 heteroatoms. The Bertz CT molecular complexity index is 1050. The van der Waals surface area contributed by atoms with Gasteiger partial charge in [-0.15, -0.1) is 11.3 Å². The number of carbonyl (C=O) groups excluding carboxylic acids is 1. The van der Waals surface area contributed by atoms with Crippen molar-refractivity contribution in [3.63, 3.8) is 0 Å². The summed E-state index contributed by atoms with van der Waals surface area (Å²) in [5.74, 6) is -0.106. The minimum absolute atomic E-state index is 0.0213. The standard InChI is InChI=1S/C20H23N3O3S2/c24-20(21-10-7-16-14-22-18-5-2-1-4-17(16)18)15-8-11-23(12-9-15)28(25,26)19-6-3-13-27-19/h1-6,13-15,22H,7-12H2,(H,21,24). The molecule has 0 saturated carbocycles. The lowest BCUT2D eigenvalue weighted by molar-refractivity contribution is -0.126. The number of hydrogen-bond acceptors (Lipinski definition) is 4. The van der Waals surface area contributed by atoms with Crippen LogP contribution >= 0.6 is 11.3 Å². The summed E-state index contributed by atoms with van der Waals surface area (Å²) in [4.78, 5) is 15.7. The normalized spacial score (nSPS) is 16.4. The lowest BCUT2D eigenvalue weighted by Gasteiger charge is -2.30. The van der Waals surface area contributed by atoms with Crippen LogP contribution in [-0.2, 0) is 21.2 Å². The highest BCUT2D eigenvalue weighted by molar-refractivity contribution is 7.91. The van der Waals surface area contributed by atoms with Crippen LogP contribution in [0, 0.1) is 5.92 Å². The van der Waals surface area contributed by atoms with E-state index in [4.69, 9.17) is 0 Å². The number of fused-ring (bicyclic) bond motifs is 1. The maximum Gasteiger partial charge on any atom is 0.252 e. The first-order chi connectivity index (χ1) is 13.6. The second-order valence-electron chi connectivity index (χ2n) is 7.01. The molecule has 4 rings (SSSR count). The van der Waals surface area contributed by atoms with Gasteiger partial charge in [0.25, 0.3) is 10.0 Å². The largest absolute Gasteiger partial charge is 0.361 e. The number of piperidine rings is 1. The van der Waals surface area contributed by atoms with E-state index < -0.39 is 10.0 Å². The fourth-order valence-electron chi connectivity index (χ4n) is 3.70. The number of H-pyrrole nitrogens is 1. The van der Waals surface area contributed by atoms with Crippen molar-refractivity contribution in [2.24, 2.45) is 5.92 Å². The molecule has 0 atom stereocenters. The molecular weight excluding hydrogens is 394 g/mol.